The number of aromatic nitrogens is 1. The van der Waals surface area contributed by atoms with E-state index >= 15 is 0 Å². The maximum Gasteiger partial charge on any atom is 0.340 e. The van der Waals surface area contributed by atoms with E-state index in [9.17, 15) is 22.8 Å². The van der Waals surface area contributed by atoms with Crippen LogP contribution in [-0.2, 0) is 19.3 Å². The van der Waals surface area contributed by atoms with Crippen LogP contribution in [-0.4, -0.2) is 50.1 Å². The molecule has 0 saturated carbocycles. The lowest BCUT2D eigenvalue weighted by Gasteiger charge is -2.14. The van der Waals surface area contributed by atoms with Crippen molar-refractivity contribution < 1.29 is 32.3 Å². The molecule has 8 nitrogen and oxygen atoms in total. The van der Waals surface area contributed by atoms with Gasteiger partial charge in [-0.25, -0.2) is 18.0 Å². The summed E-state index contributed by atoms with van der Waals surface area (Å²) in [6.07, 6.45) is -0.123. The zero-order valence-corrected chi connectivity index (χ0v) is 18.6. The first-order valence-electron chi connectivity index (χ1n) is 9.30. The van der Waals surface area contributed by atoms with Crippen molar-refractivity contribution >= 4 is 27.6 Å². The summed E-state index contributed by atoms with van der Waals surface area (Å²) in [7, 11) is -3.51. The minimum atomic E-state index is -3.51. The van der Waals surface area contributed by atoms with E-state index in [0.29, 0.717) is 16.8 Å². The topological polar surface area (TPSA) is 120 Å². The number of carbonyl (C=O) groups excluding carboxylic acids is 3. The molecule has 162 valence electrons. The molecule has 1 heterocycles. The fourth-order valence-corrected chi connectivity index (χ4v) is 3.69. The summed E-state index contributed by atoms with van der Waals surface area (Å²) in [6.45, 7) is 8.19. The number of H-pyrrole nitrogens is 1. The van der Waals surface area contributed by atoms with Crippen molar-refractivity contribution in [2.45, 2.75) is 45.6 Å². The Morgan fingerprint density at radius 1 is 1.10 bits per heavy atom. The SMILES string of the molecule is CCOC(=O)c1c(C)[nH]c(C(=O)C(C)OC(=O)c2cc(S(C)(=O)=O)ccc2C)c1C. The largest absolute Gasteiger partial charge is 0.462 e. The first-order chi connectivity index (χ1) is 13.9. The molecule has 1 atom stereocenters. The van der Waals surface area contributed by atoms with Gasteiger partial charge in [0, 0.05) is 11.9 Å². The second kappa shape index (κ2) is 8.83. The van der Waals surface area contributed by atoms with Gasteiger partial charge in [0.25, 0.3) is 0 Å². The number of hydrogen-bond donors (Lipinski definition) is 1. The number of hydrogen-bond acceptors (Lipinski definition) is 7. The highest BCUT2D eigenvalue weighted by molar-refractivity contribution is 7.90. The van der Waals surface area contributed by atoms with Crippen LogP contribution in [0.2, 0.25) is 0 Å². The van der Waals surface area contributed by atoms with E-state index in [1.54, 1.807) is 27.7 Å². The molecule has 1 N–H and O–H groups in total. The van der Waals surface area contributed by atoms with Crippen LogP contribution in [0.25, 0.3) is 0 Å². The maximum absolute atomic E-state index is 12.8. The molecule has 0 fully saturated rings. The molecule has 1 aromatic carbocycles. The highest BCUT2D eigenvalue weighted by Gasteiger charge is 2.28. The Morgan fingerprint density at radius 3 is 2.30 bits per heavy atom. The van der Waals surface area contributed by atoms with Gasteiger partial charge in [-0.05, 0) is 57.9 Å². The monoisotopic (exact) mass is 435 g/mol. The highest BCUT2D eigenvalue weighted by atomic mass is 32.2. The second-order valence-electron chi connectivity index (χ2n) is 7.01. The van der Waals surface area contributed by atoms with Gasteiger partial charge in [0.1, 0.15) is 0 Å². The van der Waals surface area contributed by atoms with Crippen LogP contribution in [0.4, 0.5) is 0 Å². The van der Waals surface area contributed by atoms with Crippen LogP contribution in [0.15, 0.2) is 23.1 Å². The fourth-order valence-electron chi connectivity index (χ4n) is 3.04. The molecule has 0 aliphatic carbocycles. The summed E-state index contributed by atoms with van der Waals surface area (Å²) in [5.74, 6) is -1.87. The molecule has 0 amide bonds. The molecule has 0 bridgehead atoms. The first-order valence-corrected chi connectivity index (χ1v) is 11.2. The Morgan fingerprint density at radius 2 is 1.73 bits per heavy atom. The number of sulfone groups is 1. The zero-order valence-electron chi connectivity index (χ0n) is 17.8. The highest BCUT2D eigenvalue weighted by Crippen LogP contribution is 2.22. The number of aryl methyl sites for hydroxylation is 2. The molecular formula is C21H25NO7S. The Balaban J connectivity index is 2.28. The third-order valence-electron chi connectivity index (χ3n) is 4.67. The average Bonchev–Trinajstić information content (AvgIpc) is 2.94. The van der Waals surface area contributed by atoms with Crippen molar-refractivity contribution in [3.05, 3.63) is 51.8 Å². The normalized spacial score (nSPS) is 12.3. The van der Waals surface area contributed by atoms with E-state index in [-0.39, 0.29) is 28.3 Å². The van der Waals surface area contributed by atoms with Gasteiger partial charge in [-0.3, -0.25) is 4.79 Å². The van der Waals surface area contributed by atoms with Crippen molar-refractivity contribution in [3.63, 3.8) is 0 Å². The number of rotatable bonds is 7. The minimum Gasteiger partial charge on any atom is -0.462 e. The van der Waals surface area contributed by atoms with Crippen LogP contribution in [0, 0.1) is 20.8 Å². The summed E-state index contributed by atoms with van der Waals surface area (Å²) in [5, 5.41) is 0. The summed E-state index contributed by atoms with van der Waals surface area (Å²) in [6, 6.07) is 4.13. The lowest BCUT2D eigenvalue weighted by molar-refractivity contribution is 0.0315. The molecule has 30 heavy (non-hydrogen) atoms. The molecule has 1 unspecified atom stereocenters. The lowest BCUT2D eigenvalue weighted by Crippen LogP contribution is -2.26. The number of carbonyl (C=O) groups is 3. The van der Waals surface area contributed by atoms with Crippen molar-refractivity contribution in [2.75, 3.05) is 12.9 Å². The van der Waals surface area contributed by atoms with Crippen LogP contribution in [0.3, 0.4) is 0 Å². The van der Waals surface area contributed by atoms with Crippen LogP contribution < -0.4 is 0 Å². The summed E-state index contributed by atoms with van der Waals surface area (Å²) in [4.78, 5) is 40.4. The molecule has 0 spiro atoms. The van der Waals surface area contributed by atoms with Gasteiger partial charge < -0.3 is 14.5 Å². The van der Waals surface area contributed by atoms with E-state index in [0.717, 1.165) is 6.26 Å². The van der Waals surface area contributed by atoms with Crippen molar-refractivity contribution in [3.8, 4) is 0 Å². The maximum atomic E-state index is 12.8. The third kappa shape index (κ3) is 4.79. The summed E-state index contributed by atoms with van der Waals surface area (Å²) < 4.78 is 33.8. The van der Waals surface area contributed by atoms with Crippen molar-refractivity contribution in [2.24, 2.45) is 0 Å². The number of Topliss-reactive ketones (excluding diaryl/α,β-unsaturated/α-hetero) is 1. The molecule has 0 saturated heterocycles. The number of nitrogens with one attached hydrogen (secondary N) is 1. The molecule has 2 rings (SSSR count). The minimum absolute atomic E-state index is 0.0195. The Hall–Kier alpha value is -2.94. The molecule has 0 radical (unpaired) electrons. The molecule has 0 aliphatic heterocycles. The standard InChI is InChI=1S/C21H25NO7S/c1-7-28-21(25)17-12(3)18(22-13(17)4)19(23)14(5)29-20(24)16-10-15(30(6,26)27)9-8-11(16)2/h8-10,14,22H,7H2,1-6H3. The fraction of sp³-hybridized carbons (Fsp3) is 0.381. The Labute approximate surface area is 175 Å². The van der Waals surface area contributed by atoms with Crippen LogP contribution in [0.5, 0.6) is 0 Å². The number of benzene rings is 1. The number of ether oxygens (including phenoxy) is 2. The van der Waals surface area contributed by atoms with Gasteiger partial charge in [-0.2, -0.15) is 0 Å². The second-order valence-corrected chi connectivity index (χ2v) is 9.02. The quantitative estimate of drug-likeness (QED) is 0.524. The molecule has 2 aromatic rings. The van der Waals surface area contributed by atoms with Gasteiger partial charge >= 0.3 is 11.9 Å². The van der Waals surface area contributed by atoms with E-state index in [1.807, 2.05) is 0 Å². The van der Waals surface area contributed by atoms with E-state index in [4.69, 9.17) is 9.47 Å². The smallest absolute Gasteiger partial charge is 0.340 e. The molecule has 0 aliphatic rings. The van der Waals surface area contributed by atoms with Gasteiger partial charge in [-0.15, -0.1) is 0 Å². The molecule has 1 aromatic heterocycles. The third-order valence-corrected chi connectivity index (χ3v) is 5.78. The number of ketones is 1. The van der Waals surface area contributed by atoms with Crippen molar-refractivity contribution in [1.29, 1.82) is 0 Å². The van der Waals surface area contributed by atoms with Crippen LogP contribution in [0.1, 0.15) is 61.9 Å². The number of aromatic amines is 1. The summed E-state index contributed by atoms with van der Waals surface area (Å²) >= 11 is 0. The Kier molecular flexibility index (Phi) is 6.87. The van der Waals surface area contributed by atoms with Crippen LogP contribution >= 0.6 is 0 Å². The van der Waals surface area contributed by atoms with E-state index in [1.165, 1.54) is 25.1 Å². The zero-order chi connectivity index (χ0) is 22.8. The average molecular weight is 435 g/mol. The lowest BCUT2D eigenvalue weighted by atomic mass is 10.1. The van der Waals surface area contributed by atoms with E-state index in [2.05, 4.69) is 4.98 Å². The first kappa shape index (κ1) is 23.3. The van der Waals surface area contributed by atoms with Gasteiger partial charge in [0.15, 0.2) is 15.9 Å². The molecular weight excluding hydrogens is 410 g/mol. The predicted molar refractivity (Wildman–Crippen MR) is 110 cm³/mol. The van der Waals surface area contributed by atoms with Crippen molar-refractivity contribution in [1.82, 2.24) is 4.98 Å². The van der Waals surface area contributed by atoms with Gasteiger partial charge in [-0.1, -0.05) is 6.07 Å². The van der Waals surface area contributed by atoms with Gasteiger partial charge in [0.05, 0.1) is 28.3 Å². The Bertz CT molecular complexity index is 1110. The summed E-state index contributed by atoms with van der Waals surface area (Å²) in [5.41, 5.74) is 1.89. The predicted octanol–water partition coefficient (Wildman–Crippen LogP) is 2.95. The molecule has 9 heteroatoms. The van der Waals surface area contributed by atoms with Gasteiger partial charge in [0.2, 0.25) is 5.78 Å². The number of esters is 2. The van der Waals surface area contributed by atoms with E-state index < -0.39 is 33.7 Å².